The van der Waals surface area contributed by atoms with Crippen LogP contribution in [0.1, 0.15) is 50.7 Å². The summed E-state index contributed by atoms with van der Waals surface area (Å²) >= 11 is 0. The fraction of sp³-hybridized carbons (Fsp3) is 0.480. The van der Waals surface area contributed by atoms with E-state index in [1.807, 2.05) is 0 Å². The monoisotopic (exact) mass is 572 g/mol. The Kier molecular flexibility index (Phi) is 11.1. The van der Waals surface area contributed by atoms with Crippen molar-refractivity contribution in [3.63, 3.8) is 0 Å². The van der Waals surface area contributed by atoms with Crippen LogP contribution in [0.5, 0.6) is 17.2 Å². The minimum atomic E-state index is -3.15. The van der Waals surface area contributed by atoms with E-state index in [0.717, 1.165) is 0 Å². The molecule has 216 valence electrons. The molecule has 1 aromatic carbocycles. The molecule has 0 radical (unpaired) electrons. The number of aromatic nitrogens is 3. The van der Waals surface area contributed by atoms with Crippen LogP contribution in [0.15, 0.2) is 24.4 Å². The molecule has 0 aliphatic rings. The second-order valence-electron chi connectivity index (χ2n) is 9.16. The predicted octanol–water partition coefficient (Wildman–Crippen LogP) is 4.50. The van der Waals surface area contributed by atoms with Gasteiger partial charge in [0.25, 0.3) is 0 Å². The van der Waals surface area contributed by atoms with Crippen LogP contribution in [0.2, 0.25) is 0 Å². The number of alkyl halides is 2. The highest BCUT2D eigenvalue weighted by Crippen LogP contribution is 2.39. The number of methoxy groups -OCH3 is 1. The summed E-state index contributed by atoms with van der Waals surface area (Å²) in [5.74, 6) is -0.700. The number of imidazole rings is 1. The smallest absolute Gasteiger partial charge is 0.387 e. The van der Waals surface area contributed by atoms with E-state index in [1.54, 1.807) is 53.7 Å². The van der Waals surface area contributed by atoms with Gasteiger partial charge in [0, 0.05) is 17.5 Å². The molecule has 2 heterocycles. The molecule has 0 spiro atoms. The first-order valence-corrected chi connectivity index (χ1v) is 13.1. The highest BCUT2D eigenvalue weighted by atomic mass is 31.2. The molecule has 0 saturated heterocycles. The van der Waals surface area contributed by atoms with Gasteiger partial charge in [-0.1, -0.05) is 13.8 Å². The number of nitrogens with zero attached hydrogens (tertiary/aromatic N) is 3. The van der Waals surface area contributed by atoms with Gasteiger partial charge in [0.15, 0.2) is 11.4 Å². The van der Waals surface area contributed by atoms with Crippen molar-refractivity contribution >= 4 is 20.0 Å². The lowest BCUT2D eigenvalue weighted by Crippen LogP contribution is -2.39. The molecule has 2 aromatic heterocycles. The van der Waals surface area contributed by atoms with E-state index < -0.39 is 38.6 Å². The van der Waals surface area contributed by atoms with E-state index in [-0.39, 0.29) is 17.1 Å². The molecule has 0 bridgehead atoms. The summed E-state index contributed by atoms with van der Waals surface area (Å²) in [4.78, 5) is 35.6. The second-order valence-corrected chi connectivity index (χ2v) is 9.85. The molecule has 4 N–H and O–H groups in total. The number of halogens is 2. The van der Waals surface area contributed by atoms with Gasteiger partial charge in [0.2, 0.25) is 0 Å². The minimum Gasteiger partial charge on any atom is -0.496 e. The molecule has 3 rings (SSSR count). The lowest BCUT2D eigenvalue weighted by Gasteiger charge is -2.32. The van der Waals surface area contributed by atoms with E-state index in [1.165, 1.54) is 30.9 Å². The van der Waals surface area contributed by atoms with E-state index in [0.29, 0.717) is 28.3 Å². The Morgan fingerprint density at radius 3 is 2.23 bits per heavy atom. The maximum Gasteiger partial charge on any atom is 0.387 e. The van der Waals surface area contributed by atoms with Crippen molar-refractivity contribution in [2.45, 2.75) is 59.9 Å². The summed E-state index contributed by atoms with van der Waals surface area (Å²) in [5.41, 5.74) is 5.12. The first-order chi connectivity index (χ1) is 18.2. The Balaban J connectivity index is 0.00000260. The van der Waals surface area contributed by atoms with E-state index in [2.05, 4.69) is 15.8 Å². The topological polar surface area (TPSA) is 151 Å². The number of ketones is 1. The Bertz CT molecular complexity index is 1290. The summed E-state index contributed by atoms with van der Waals surface area (Å²) < 4.78 is 49.2. The third kappa shape index (κ3) is 7.58. The van der Waals surface area contributed by atoms with Gasteiger partial charge < -0.3 is 34.3 Å². The first-order valence-electron chi connectivity index (χ1n) is 11.9. The Labute approximate surface area is 226 Å². The van der Waals surface area contributed by atoms with Gasteiger partial charge in [-0.3, -0.25) is 4.79 Å². The fourth-order valence-electron chi connectivity index (χ4n) is 3.54. The fourth-order valence-corrected chi connectivity index (χ4v) is 4.11. The molecule has 1 unspecified atom stereocenters. The SMILES string of the molecule is CN.COc1cc(-c2cnc3cc(OC(C)C(C)(C)OP(O)O)c(C)nn23)cc(OC(F)F)c1C(=O)C(C)C. The second kappa shape index (κ2) is 13.4. The number of carbonyl (C=O) groups excluding carboxylic acids is 1. The normalized spacial score (nSPS) is 12.5. The van der Waals surface area contributed by atoms with Gasteiger partial charge >= 0.3 is 15.2 Å². The molecule has 39 heavy (non-hydrogen) atoms. The number of Topliss-reactive ketones (excluding diaryl/α,β-unsaturated/α-hetero) is 1. The number of carbonyl (C=O) groups is 1. The minimum absolute atomic E-state index is 0.0663. The van der Waals surface area contributed by atoms with Crippen LogP contribution < -0.4 is 19.9 Å². The van der Waals surface area contributed by atoms with Gasteiger partial charge in [-0.05, 0) is 46.9 Å². The molecule has 11 nitrogen and oxygen atoms in total. The molecular formula is C25H35F2N4O7P. The number of nitrogens with two attached hydrogens (primary N) is 1. The standard InChI is InChI=1S/C24H30F2N3O7P.CH5N/c1-12(2)22(30)21-18(33-7)8-15(9-19(21)35-23(25)26)16-11-27-20-10-17(13(3)28-29(16)20)34-14(4)24(5,6)36-37(31)32;1-2/h8-12,14,23,31-32H,1-7H3;2H2,1H3. The third-order valence-electron chi connectivity index (χ3n) is 5.80. The Morgan fingerprint density at radius 1 is 1.08 bits per heavy atom. The van der Waals surface area contributed by atoms with Crippen molar-refractivity contribution in [1.29, 1.82) is 0 Å². The van der Waals surface area contributed by atoms with Crippen LogP contribution in [0.4, 0.5) is 8.78 Å². The predicted molar refractivity (Wildman–Crippen MR) is 142 cm³/mol. The number of hydrogen-bond acceptors (Lipinski definition) is 10. The van der Waals surface area contributed by atoms with Crippen molar-refractivity contribution < 1.29 is 42.1 Å². The number of ether oxygens (including phenoxy) is 3. The van der Waals surface area contributed by atoms with Crippen molar-refractivity contribution in [1.82, 2.24) is 14.6 Å². The van der Waals surface area contributed by atoms with Crippen LogP contribution in [-0.2, 0) is 4.52 Å². The maximum atomic E-state index is 13.2. The van der Waals surface area contributed by atoms with Crippen molar-refractivity contribution in [3.05, 3.63) is 35.7 Å². The maximum absolute atomic E-state index is 13.2. The van der Waals surface area contributed by atoms with Crippen molar-refractivity contribution in [3.8, 4) is 28.5 Å². The summed E-state index contributed by atoms with van der Waals surface area (Å²) in [5, 5.41) is 4.54. The molecule has 14 heteroatoms. The number of rotatable bonds is 11. The van der Waals surface area contributed by atoms with Gasteiger partial charge in [0.1, 0.15) is 40.2 Å². The van der Waals surface area contributed by atoms with Crippen LogP contribution in [0, 0.1) is 12.8 Å². The van der Waals surface area contributed by atoms with E-state index in [9.17, 15) is 23.4 Å². The number of hydrogen-bond donors (Lipinski definition) is 3. The highest BCUT2D eigenvalue weighted by Gasteiger charge is 2.32. The average molecular weight is 573 g/mol. The molecule has 0 amide bonds. The van der Waals surface area contributed by atoms with Crippen molar-refractivity contribution in [2.75, 3.05) is 14.2 Å². The summed E-state index contributed by atoms with van der Waals surface area (Å²) in [6.45, 7) is 6.91. The van der Waals surface area contributed by atoms with E-state index >= 15 is 0 Å². The molecule has 3 aromatic rings. The average Bonchev–Trinajstić information content (AvgIpc) is 3.25. The zero-order valence-corrected chi connectivity index (χ0v) is 24.0. The zero-order chi connectivity index (χ0) is 29.7. The Morgan fingerprint density at radius 2 is 1.69 bits per heavy atom. The first kappa shape index (κ1) is 32.3. The molecule has 0 aliphatic carbocycles. The van der Waals surface area contributed by atoms with Crippen LogP contribution in [-0.4, -0.2) is 62.6 Å². The summed E-state index contributed by atoms with van der Waals surface area (Å²) in [7, 11) is 0.262. The third-order valence-corrected chi connectivity index (χ3v) is 6.43. The van der Waals surface area contributed by atoms with E-state index in [4.69, 9.17) is 18.7 Å². The van der Waals surface area contributed by atoms with Crippen LogP contribution in [0.25, 0.3) is 16.9 Å². The molecule has 0 aliphatic heterocycles. The molecular weight excluding hydrogens is 537 g/mol. The lowest BCUT2D eigenvalue weighted by molar-refractivity contribution is -0.0502. The summed E-state index contributed by atoms with van der Waals surface area (Å²) in [6, 6.07) is 4.52. The van der Waals surface area contributed by atoms with Crippen LogP contribution in [0.3, 0.4) is 0 Å². The largest absolute Gasteiger partial charge is 0.496 e. The quantitative estimate of drug-likeness (QED) is 0.221. The van der Waals surface area contributed by atoms with Crippen molar-refractivity contribution in [2.24, 2.45) is 11.7 Å². The number of benzene rings is 1. The van der Waals surface area contributed by atoms with Gasteiger partial charge in [-0.2, -0.15) is 13.9 Å². The molecule has 0 fully saturated rings. The molecule has 1 atom stereocenters. The van der Waals surface area contributed by atoms with Gasteiger partial charge in [-0.25, -0.2) is 9.50 Å². The number of aryl methyl sites for hydroxylation is 1. The molecule has 0 saturated carbocycles. The highest BCUT2D eigenvalue weighted by molar-refractivity contribution is 7.39. The lowest BCUT2D eigenvalue weighted by atomic mass is 9.97. The number of fused-ring (bicyclic) bond motifs is 1. The van der Waals surface area contributed by atoms with Crippen LogP contribution >= 0.6 is 8.60 Å². The van der Waals surface area contributed by atoms with Gasteiger partial charge in [-0.15, -0.1) is 0 Å². The zero-order valence-electron chi connectivity index (χ0n) is 23.1. The van der Waals surface area contributed by atoms with Gasteiger partial charge in [0.05, 0.1) is 19.0 Å². The Hall–Kier alpha value is -2.96. The summed E-state index contributed by atoms with van der Waals surface area (Å²) in [6.07, 6.45) is 0.913.